The largest absolute Gasteiger partial charge is 0.484 e. The van der Waals surface area contributed by atoms with Crippen LogP contribution >= 0.6 is 0 Å². The first-order valence-electron chi connectivity index (χ1n) is 10.4. The molecule has 2 amide bonds. The van der Waals surface area contributed by atoms with Crippen LogP contribution in [0.2, 0.25) is 0 Å². The number of nitrogens with one attached hydrogen (secondary N) is 2. The highest BCUT2D eigenvalue weighted by Crippen LogP contribution is 2.19. The Morgan fingerprint density at radius 3 is 2.55 bits per heavy atom. The Kier molecular flexibility index (Phi) is 6.62. The fourth-order valence-corrected chi connectivity index (χ4v) is 3.07. The van der Waals surface area contributed by atoms with E-state index in [-0.39, 0.29) is 24.8 Å². The second-order valence-electron chi connectivity index (χ2n) is 7.56. The summed E-state index contributed by atoms with van der Waals surface area (Å²) in [5, 5.41) is 5.79. The van der Waals surface area contributed by atoms with Crippen LogP contribution < -0.4 is 15.4 Å². The maximum absolute atomic E-state index is 12.2. The normalized spacial score (nSPS) is 12.9. The molecule has 0 bridgehead atoms. The maximum Gasteiger partial charge on any atom is 0.258 e. The third kappa shape index (κ3) is 6.44. The number of benzene rings is 2. The van der Waals surface area contributed by atoms with Gasteiger partial charge < -0.3 is 19.8 Å². The Balaban J connectivity index is 1.16. The highest BCUT2D eigenvalue weighted by Gasteiger charge is 2.23. The van der Waals surface area contributed by atoms with E-state index in [9.17, 15) is 9.59 Å². The van der Waals surface area contributed by atoms with E-state index in [2.05, 4.69) is 15.6 Å². The molecule has 2 N–H and O–H groups in total. The molecule has 0 spiro atoms. The van der Waals surface area contributed by atoms with Gasteiger partial charge in [-0.15, -0.1) is 0 Å². The number of ether oxygens (including phenoxy) is 1. The number of hydrogen-bond acceptors (Lipinski definition) is 5. The average molecular weight is 419 g/mol. The van der Waals surface area contributed by atoms with Gasteiger partial charge in [-0.05, 0) is 49.1 Å². The monoisotopic (exact) mass is 419 g/mol. The zero-order chi connectivity index (χ0) is 21.5. The zero-order valence-corrected chi connectivity index (χ0v) is 17.2. The Morgan fingerprint density at radius 1 is 1.03 bits per heavy atom. The predicted octanol–water partition coefficient (Wildman–Crippen LogP) is 2.90. The Hall–Kier alpha value is -3.61. The van der Waals surface area contributed by atoms with Crippen LogP contribution in [0.25, 0.3) is 11.5 Å². The van der Waals surface area contributed by atoms with Gasteiger partial charge in [0, 0.05) is 18.2 Å². The summed E-state index contributed by atoms with van der Waals surface area (Å²) in [6, 6.07) is 17.5. The average Bonchev–Trinajstić information content (AvgIpc) is 3.48. The van der Waals surface area contributed by atoms with Crippen LogP contribution in [0, 0.1) is 0 Å². The Labute approximate surface area is 180 Å². The van der Waals surface area contributed by atoms with Crippen LogP contribution in [-0.4, -0.2) is 36.0 Å². The molecule has 1 aliphatic rings. The van der Waals surface area contributed by atoms with Crippen molar-refractivity contribution in [1.29, 1.82) is 0 Å². The lowest BCUT2D eigenvalue weighted by Gasteiger charge is -2.08. The molecule has 0 radical (unpaired) electrons. The lowest BCUT2D eigenvalue weighted by Crippen LogP contribution is -2.30. The second-order valence-corrected chi connectivity index (χ2v) is 7.56. The molecule has 1 aliphatic carbocycles. The van der Waals surface area contributed by atoms with Gasteiger partial charge in [0.05, 0.1) is 12.1 Å². The van der Waals surface area contributed by atoms with Gasteiger partial charge in [-0.3, -0.25) is 9.59 Å². The SMILES string of the molecule is O=C(Cc1coc(-c2ccccc2)n1)NCCc1ccc(OCC(=O)NC2CC2)cc1. The summed E-state index contributed by atoms with van der Waals surface area (Å²) in [5.41, 5.74) is 2.55. The molecule has 1 aromatic heterocycles. The van der Waals surface area contributed by atoms with E-state index >= 15 is 0 Å². The van der Waals surface area contributed by atoms with Crippen molar-refractivity contribution in [3.8, 4) is 17.2 Å². The summed E-state index contributed by atoms with van der Waals surface area (Å²) in [6.45, 7) is 0.548. The molecular formula is C24H25N3O4. The minimum absolute atomic E-state index is 0.0277. The van der Waals surface area contributed by atoms with E-state index in [0.29, 0.717) is 36.3 Å². The number of hydrogen-bond donors (Lipinski definition) is 2. The summed E-state index contributed by atoms with van der Waals surface area (Å²) >= 11 is 0. The van der Waals surface area contributed by atoms with Gasteiger partial charge in [0.1, 0.15) is 12.0 Å². The van der Waals surface area contributed by atoms with Gasteiger partial charge in [0.25, 0.3) is 5.91 Å². The Morgan fingerprint density at radius 2 is 1.81 bits per heavy atom. The van der Waals surface area contributed by atoms with Crippen LogP contribution in [-0.2, 0) is 22.4 Å². The van der Waals surface area contributed by atoms with Crippen molar-refractivity contribution >= 4 is 11.8 Å². The van der Waals surface area contributed by atoms with Crippen LogP contribution in [0.1, 0.15) is 24.1 Å². The van der Waals surface area contributed by atoms with Crippen molar-refractivity contribution in [3.05, 3.63) is 72.1 Å². The maximum atomic E-state index is 12.2. The fourth-order valence-electron chi connectivity index (χ4n) is 3.07. The fraction of sp³-hybridized carbons (Fsp3) is 0.292. The molecule has 0 atom stereocenters. The van der Waals surface area contributed by atoms with Gasteiger partial charge in [-0.2, -0.15) is 0 Å². The quantitative estimate of drug-likeness (QED) is 0.527. The van der Waals surface area contributed by atoms with Gasteiger partial charge in [-0.25, -0.2) is 4.98 Å². The third-order valence-electron chi connectivity index (χ3n) is 4.89. The number of oxazole rings is 1. The van der Waals surface area contributed by atoms with Crippen molar-refractivity contribution in [2.45, 2.75) is 31.7 Å². The third-order valence-corrected chi connectivity index (χ3v) is 4.89. The highest BCUT2D eigenvalue weighted by atomic mass is 16.5. The number of rotatable bonds is 10. The molecule has 1 fully saturated rings. The number of nitrogens with zero attached hydrogens (tertiary/aromatic N) is 1. The molecule has 0 aliphatic heterocycles. The summed E-state index contributed by atoms with van der Waals surface area (Å²) in [4.78, 5) is 28.2. The van der Waals surface area contributed by atoms with E-state index in [1.807, 2.05) is 54.6 Å². The topological polar surface area (TPSA) is 93.5 Å². The number of carbonyl (C=O) groups is 2. The van der Waals surface area contributed by atoms with Crippen molar-refractivity contribution in [2.75, 3.05) is 13.2 Å². The van der Waals surface area contributed by atoms with Crippen molar-refractivity contribution in [3.63, 3.8) is 0 Å². The van der Waals surface area contributed by atoms with Crippen molar-refractivity contribution in [1.82, 2.24) is 15.6 Å². The lowest BCUT2D eigenvalue weighted by atomic mass is 10.1. The van der Waals surface area contributed by atoms with Crippen molar-refractivity contribution in [2.24, 2.45) is 0 Å². The molecule has 0 saturated heterocycles. The van der Waals surface area contributed by atoms with Crippen LogP contribution in [0.3, 0.4) is 0 Å². The highest BCUT2D eigenvalue weighted by molar-refractivity contribution is 5.78. The lowest BCUT2D eigenvalue weighted by molar-refractivity contribution is -0.123. The molecule has 7 heteroatoms. The van der Waals surface area contributed by atoms with Crippen LogP contribution in [0.15, 0.2) is 65.3 Å². The number of amides is 2. The van der Waals surface area contributed by atoms with Crippen LogP contribution in [0.5, 0.6) is 5.75 Å². The minimum Gasteiger partial charge on any atom is -0.484 e. The summed E-state index contributed by atoms with van der Waals surface area (Å²) < 4.78 is 11.0. The molecule has 160 valence electrons. The van der Waals surface area contributed by atoms with Gasteiger partial charge in [0.15, 0.2) is 6.61 Å². The smallest absolute Gasteiger partial charge is 0.258 e. The van der Waals surface area contributed by atoms with Gasteiger partial charge in [0.2, 0.25) is 11.8 Å². The summed E-state index contributed by atoms with van der Waals surface area (Å²) in [7, 11) is 0. The minimum atomic E-state index is -0.102. The number of aromatic nitrogens is 1. The van der Waals surface area contributed by atoms with Gasteiger partial charge >= 0.3 is 0 Å². The molecule has 0 unspecified atom stereocenters. The second kappa shape index (κ2) is 9.93. The van der Waals surface area contributed by atoms with Crippen molar-refractivity contribution < 1.29 is 18.7 Å². The zero-order valence-electron chi connectivity index (χ0n) is 17.2. The van der Waals surface area contributed by atoms with E-state index in [1.54, 1.807) is 0 Å². The number of carbonyl (C=O) groups excluding carboxylic acids is 2. The molecule has 2 aromatic carbocycles. The standard InChI is InChI=1S/C24H25N3O4/c28-22(14-20-15-31-24(27-20)18-4-2-1-3-5-18)25-13-12-17-6-10-21(11-7-17)30-16-23(29)26-19-8-9-19/h1-7,10-11,15,19H,8-9,12-14,16H2,(H,25,28)(H,26,29). The molecular weight excluding hydrogens is 394 g/mol. The molecule has 4 rings (SSSR count). The Bertz CT molecular complexity index is 1010. The summed E-state index contributed by atoms with van der Waals surface area (Å²) in [5.74, 6) is 0.974. The molecule has 31 heavy (non-hydrogen) atoms. The van der Waals surface area contributed by atoms with E-state index < -0.39 is 0 Å². The first-order chi connectivity index (χ1) is 15.2. The first-order valence-corrected chi connectivity index (χ1v) is 10.4. The van der Waals surface area contributed by atoms with E-state index in [4.69, 9.17) is 9.15 Å². The molecule has 1 saturated carbocycles. The van der Waals surface area contributed by atoms with Crippen LogP contribution in [0.4, 0.5) is 0 Å². The van der Waals surface area contributed by atoms with Gasteiger partial charge in [-0.1, -0.05) is 30.3 Å². The predicted molar refractivity (Wildman–Crippen MR) is 115 cm³/mol. The van der Waals surface area contributed by atoms with E-state index in [1.165, 1.54) is 6.26 Å². The molecule has 1 heterocycles. The molecule has 7 nitrogen and oxygen atoms in total. The molecule has 3 aromatic rings. The summed E-state index contributed by atoms with van der Waals surface area (Å²) in [6.07, 6.45) is 4.51. The first kappa shape index (κ1) is 20.7. The van der Waals surface area contributed by atoms with E-state index in [0.717, 1.165) is 24.0 Å².